The molecule has 0 saturated carbocycles. The van der Waals surface area contributed by atoms with Crippen molar-refractivity contribution in [3.63, 3.8) is 0 Å². The van der Waals surface area contributed by atoms with Crippen molar-refractivity contribution in [1.82, 2.24) is 9.97 Å². The Hall–Kier alpha value is -1.43. The van der Waals surface area contributed by atoms with Crippen LogP contribution in [0, 0.1) is 6.92 Å². The SMILES string of the molecule is Cc1c(-c2ccccc2)sc2ncnc(SCCO)c12. The molecule has 2 heterocycles. The first-order chi connectivity index (χ1) is 9.81. The average molecular weight is 302 g/mol. The second-order valence-electron chi connectivity index (χ2n) is 4.35. The number of fused-ring (bicyclic) bond motifs is 1. The van der Waals surface area contributed by atoms with Crippen LogP contribution in [0.3, 0.4) is 0 Å². The van der Waals surface area contributed by atoms with Crippen molar-refractivity contribution < 1.29 is 5.11 Å². The van der Waals surface area contributed by atoms with Gasteiger partial charge in [-0.05, 0) is 18.1 Å². The number of aliphatic hydroxyl groups excluding tert-OH is 1. The first kappa shape index (κ1) is 13.5. The van der Waals surface area contributed by atoms with Gasteiger partial charge in [0.2, 0.25) is 0 Å². The van der Waals surface area contributed by atoms with E-state index in [0.29, 0.717) is 5.75 Å². The minimum Gasteiger partial charge on any atom is -0.396 e. The van der Waals surface area contributed by atoms with E-state index in [9.17, 15) is 0 Å². The van der Waals surface area contributed by atoms with Gasteiger partial charge in [0.05, 0.1) is 6.61 Å². The van der Waals surface area contributed by atoms with Gasteiger partial charge in [-0.2, -0.15) is 0 Å². The molecule has 0 aliphatic carbocycles. The number of aryl methyl sites for hydroxylation is 1. The molecule has 0 amide bonds. The largest absolute Gasteiger partial charge is 0.396 e. The predicted octanol–water partition coefficient (Wildman–Crippen LogP) is 3.75. The summed E-state index contributed by atoms with van der Waals surface area (Å²) in [6.45, 7) is 2.28. The Kier molecular flexibility index (Phi) is 4.00. The number of hydrogen-bond acceptors (Lipinski definition) is 5. The number of aromatic nitrogens is 2. The molecule has 0 fully saturated rings. The van der Waals surface area contributed by atoms with E-state index in [1.54, 1.807) is 29.4 Å². The van der Waals surface area contributed by atoms with Crippen LogP contribution in [0.2, 0.25) is 0 Å². The summed E-state index contributed by atoms with van der Waals surface area (Å²) < 4.78 is 0. The minimum absolute atomic E-state index is 0.158. The van der Waals surface area contributed by atoms with E-state index < -0.39 is 0 Å². The summed E-state index contributed by atoms with van der Waals surface area (Å²) in [4.78, 5) is 11.0. The summed E-state index contributed by atoms with van der Waals surface area (Å²) in [7, 11) is 0. The first-order valence-electron chi connectivity index (χ1n) is 6.34. The van der Waals surface area contributed by atoms with Gasteiger partial charge in [-0.1, -0.05) is 30.3 Å². The van der Waals surface area contributed by atoms with E-state index in [1.807, 2.05) is 18.2 Å². The summed E-state index contributed by atoms with van der Waals surface area (Å²) in [5.74, 6) is 0.655. The van der Waals surface area contributed by atoms with Crippen molar-refractivity contribution in [1.29, 1.82) is 0 Å². The number of nitrogens with zero attached hydrogens (tertiary/aromatic N) is 2. The lowest BCUT2D eigenvalue weighted by Gasteiger charge is -2.02. The highest BCUT2D eigenvalue weighted by Crippen LogP contribution is 2.40. The van der Waals surface area contributed by atoms with Gasteiger partial charge in [0.1, 0.15) is 16.2 Å². The Morgan fingerprint density at radius 1 is 1.20 bits per heavy atom. The van der Waals surface area contributed by atoms with E-state index in [0.717, 1.165) is 15.2 Å². The Morgan fingerprint density at radius 3 is 2.75 bits per heavy atom. The monoisotopic (exact) mass is 302 g/mol. The van der Waals surface area contributed by atoms with E-state index in [-0.39, 0.29) is 6.61 Å². The Labute approximate surface area is 125 Å². The summed E-state index contributed by atoms with van der Waals surface area (Å²) in [6, 6.07) is 10.4. The number of thioether (sulfide) groups is 1. The molecule has 0 aliphatic heterocycles. The molecular weight excluding hydrogens is 288 g/mol. The minimum atomic E-state index is 0.158. The summed E-state index contributed by atoms with van der Waals surface area (Å²) in [5.41, 5.74) is 2.43. The Morgan fingerprint density at radius 2 is 2.00 bits per heavy atom. The zero-order chi connectivity index (χ0) is 13.9. The van der Waals surface area contributed by atoms with Crippen molar-refractivity contribution in [2.24, 2.45) is 0 Å². The molecule has 0 atom stereocenters. The van der Waals surface area contributed by atoms with Crippen molar-refractivity contribution in [2.75, 3.05) is 12.4 Å². The molecule has 2 aromatic heterocycles. The standard InChI is InChI=1S/C15H14N2OS2/c1-10-12-14(19-8-7-18)16-9-17-15(12)20-13(10)11-5-3-2-4-6-11/h2-6,9,18H,7-8H2,1H3. The number of thiophene rings is 1. The van der Waals surface area contributed by atoms with Crippen LogP contribution in [-0.2, 0) is 0 Å². The highest BCUT2D eigenvalue weighted by Gasteiger charge is 2.15. The van der Waals surface area contributed by atoms with E-state index in [1.165, 1.54) is 16.0 Å². The molecule has 0 unspecified atom stereocenters. The van der Waals surface area contributed by atoms with Crippen LogP contribution in [0.4, 0.5) is 0 Å². The van der Waals surface area contributed by atoms with Gasteiger partial charge in [-0.3, -0.25) is 0 Å². The van der Waals surface area contributed by atoms with Crippen LogP contribution in [0.5, 0.6) is 0 Å². The van der Waals surface area contributed by atoms with Crippen molar-refractivity contribution in [3.8, 4) is 10.4 Å². The Balaban J connectivity index is 2.15. The van der Waals surface area contributed by atoms with E-state index in [4.69, 9.17) is 5.11 Å². The fraction of sp³-hybridized carbons (Fsp3) is 0.200. The number of rotatable bonds is 4. The van der Waals surface area contributed by atoms with E-state index in [2.05, 4.69) is 29.0 Å². The molecule has 0 saturated heterocycles. The van der Waals surface area contributed by atoms with Gasteiger partial charge >= 0.3 is 0 Å². The van der Waals surface area contributed by atoms with Crippen molar-refractivity contribution in [3.05, 3.63) is 42.2 Å². The fourth-order valence-electron chi connectivity index (χ4n) is 2.16. The van der Waals surface area contributed by atoms with Gasteiger partial charge in [0.25, 0.3) is 0 Å². The third-order valence-electron chi connectivity index (χ3n) is 3.06. The number of hydrogen-bond donors (Lipinski definition) is 1. The molecular formula is C15H14N2OS2. The molecule has 1 N–H and O–H groups in total. The topological polar surface area (TPSA) is 46.0 Å². The van der Waals surface area contributed by atoms with Crippen molar-refractivity contribution in [2.45, 2.75) is 11.9 Å². The quantitative estimate of drug-likeness (QED) is 0.589. The maximum Gasteiger partial charge on any atom is 0.128 e. The fourth-order valence-corrected chi connectivity index (χ4v) is 4.18. The molecule has 3 nitrogen and oxygen atoms in total. The second-order valence-corrected chi connectivity index (χ2v) is 6.44. The predicted molar refractivity (Wildman–Crippen MR) is 85.4 cm³/mol. The summed E-state index contributed by atoms with van der Waals surface area (Å²) in [6.07, 6.45) is 1.60. The van der Waals surface area contributed by atoms with Crippen LogP contribution in [0.25, 0.3) is 20.7 Å². The van der Waals surface area contributed by atoms with Gasteiger partial charge in [-0.15, -0.1) is 23.1 Å². The molecule has 0 bridgehead atoms. The molecule has 0 radical (unpaired) electrons. The van der Waals surface area contributed by atoms with Crippen LogP contribution in [-0.4, -0.2) is 27.4 Å². The molecule has 1 aromatic carbocycles. The highest BCUT2D eigenvalue weighted by atomic mass is 32.2. The smallest absolute Gasteiger partial charge is 0.128 e. The molecule has 0 spiro atoms. The highest BCUT2D eigenvalue weighted by molar-refractivity contribution is 7.99. The maximum atomic E-state index is 8.99. The third-order valence-corrected chi connectivity index (χ3v) is 5.28. The van der Waals surface area contributed by atoms with Gasteiger partial charge < -0.3 is 5.11 Å². The van der Waals surface area contributed by atoms with E-state index >= 15 is 0 Å². The molecule has 0 aliphatic rings. The van der Waals surface area contributed by atoms with Crippen LogP contribution >= 0.6 is 23.1 Å². The molecule has 3 aromatic rings. The average Bonchev–Trinajstić information content (AvgIpc) is 2.84. The third kappa shape index (κ3) is 2.44. The van der Waals surface area contributed by atoms with Crippen LogP contribution in [0.15, 0.2) is 41.7 Å². The first-order valence-corrected chi connectivity index (χ1v) is 8.14. The van der Waals surface area contributed by atoms with Gasteiger partial charge in [0, 0.05) is 16.0 Å². The number of aliphatic hydroxyl groups is 1. The molecule has 3 rings (SSSR count). The molecule has 5 heteroatoms. The summed E-state index contributed by atoms with van der Waals surface area (Å²) >= 11 is 3.28. The lowest BCUT2D eigenvalue weighted by Crippen LogP contribution is -1.90. The molecule has 20 heavy (non-hydrogen) atoms. The zero-order valence-electron chi connectivity index (χ0n) is 11.0. The lowest BCUT2D eigenvalue weighted by molar-refractivity contribution is 0.322. The lowest BCUT2D eigenvalue weighted by atomic mass is 10.1. The molecule has 102 valence electrons. The second kappa shape index (κ2) is 5.91. The van der Waals surface area contributed by atoms with Crippen LogP contribution < -0.4 is 0 Å². The zero-order valence-corrected chi connectivity index (χ0v) is 12.7. The number of benzene rings is 1. The summed E-state index contributed by atoms with van der Waals surface area (Å²) in [5, 5.41) is 11.1. The van der Waals surface area contributed by atoms with Crippen molar-refractivity contribution >= 4 is 33.3 Å². The normalized spacial score (nSPS) is 11.1. The Bertz CT molecular complexity index is 725. The van der Waals surface area contributed by atoms with Crippen LogP contribution in [0.1, 0.15) is 5.56 Å². The van der Waals surface area contributed by atoms with Gasteiger partial charge in [0.15, 0.2) is 0 Å². The maximum absolute atomic E-state index is 8.99. The van der Waals surface area contributed by atoms with Gasteiger partial charge in [-0.25, -0.2) is 9.97 Å².